The quantitative estimate of drug-likeness (QED) is 0.240. The van der Waals surface area contributed by atoms with E-state index in [1.165, 1.54) is 45.6 Å². The minimum absolute atomic E-state index is 0.210. The van der Waals surface area contributed by atoms with Crippen molar-refractivity contribution < 1.29 is 28.6 Å². The molecule has 0 aromatic carbocycles. The van der Waals surface area contributed by atoms with Crippen LogP contribution in [0.1, 0.15) is 113 Å². The van der Waals surface area contributed by atoms with Crippen LogP contribution in [-0.2, 0) is 28.6 Å². The molecule has 4 aliphatic rings. The standard InChI is InChI=1S/C33H50O6/c1-20(10-9-16-31(5,6)39-23(4)36)27-13-14-28-26-12-11-24-18-25(37-21(2)34)19-30(38-22(3)35)33(24,8)29(26)15-17-32(27,28)7/h11-12,20,25,27-30H,9-10,13-19H2,1-8H3/t20-,25-,27-,28+,29?,30+,32-,33+/m1/s1. The number of rotatable bonds is 8. The second kappa shape index (κ2) is 11.0. The summed E-state index contributed by atoms with van der Waals surface area (Å²) in [6.07, 6.45) is 13.2. The minimum Gasteiger partial charge on any atom is -0.462 e. The van der Waals surface area contributed by atoms with Crippen LogP contribution in [0, 0.1) is 34.5 Å². The van der Waals surface area contributed by atoms with Gasteiger partial charge in [-0.1, -0.05) is 50.5 Å². The predicted octanol–water partition coefficient (Wildman–Crippen LogP) is 7.11. The molecule has 0 radical (unpaired) electrons. The van der Waals surface area contributed by atoms with Crippen molar-refractivity contribution in [3.63, 3.8) is 0 Å². The van der Waals surface area contributed by atoms with Gasteiger partial charge in [-0.15, -0.1) is 0 Å². The molecule has 218 valence electrons. The third kappa shape index (κ3) is 5.86. The molecule has 0 saturated heterocycles. The second-order valence-corrected chi connectivity index (χ2v) is 14.0. The smallest absolute Gasteiger partial charge is 0.303 e. The van der Waals surface area contributed by atoms with E-state index in [4.69, 9.17) is 14.2 Å². The van der Waals surface area contributed by atoms with Gasteiger partial charge in [0.25, 0.3) is 0 Å². The first-order valence-corrected chi connectivity index (χ1v) is 15.1. The zero-order chi connectivity index (χ0) is 28.8. The van der Waals surface area contributed by atoms with E-state index in [-0.39, 0.29) is 40.9 Å². The summed E-state index contributed by atoms with van der Waals surface area (Å²) in [7, 11) is 0. The normalized spacial score (nSPS) is 36.4. The van der Waals surface area contributed by atoms with Gasteiger partial charge in [0.15, 0.2) is 0 Å². The number of esters is 3. The summed E-state index contributed by atoms with van der Waals surface area (Å²) >= 11 is 0. The summed E-state index contributed by atoms with van der Waals surface area (Å²) in [5.74, 6) is 1.40. The lowest BCUT2D eigenvalue weighted by Crippen LogP contribution is -2.54. The van der Waals surface area contributed by atoms with E-state index < -0.39 is 5.60 Å². The highest BCUT2D eigenvalue weighted by Crippen LogP contribution is 2.66. The van der Waals surface area contributed by atoms with Crippen LogP contribution < -0.4 is 0 Å². The van der Waals surface area contributed by atoms with E-state index in [1.807, 2.05) is 13.8 Å². The Bertz CT molecular complexity index is 1040. The number of fused-ring (bicyclic) bond motifs is 5. The highest BCUT2D eigenvalue weighted by Gasteiger charge is 2.60. The molecule has 4 aliphatic carbocycles. The van der Waals surface area contributed by atoms with Crippen molar-refractivity contribution in [2.45, 2.75) is 131 Å². The van der Waals surface area contributed by atoms with Crippen LogP contribution in [0.5, 0.6) is 0 Å². The first kappa shape index (κ1) is 29.9. The molecule has 8 atom stereocenters. The Morgan fingerprint density at radius 1 is 0.974 bits per heavy atom. The Balaban J connectivity index is 1.52. The van der Waals surface area contributed by atoms with Gasteiger partial charge in [0.2, 0.25) is 0 Å². The highest BCUT2D eigenvalue weighted by molar-refractivity contribution is 5.67. The molecule has 0 spiro atoms. The molecule has 0 aromatic heterocycles. The van der Waals surface area contributed by atoms with E-state index in [2.05, 4.69) is 32.9 Å². The zero-order valence-electron chi connectivity index (χ0n) is 25.4. The van der Waals surface area contributed by atoms with Gasteiger partial charge < -0.3 is 14.2 Å². The summed E-state index contributed by atoms with van der Waals surface area (Å²) in [6, 6.07) is 0. The van der Waals surface area contributed by atoms with Crippen LogP contribution in [0.15, 0.2) is 23.3 Å². The van der Waals surface area contributed by atoms with Gasteiger partial charge in [-0.3, -0.25) is 14.4 Å². The second-order valence-electron chi connectivity index (χ2n) is 14.0. The molecule has 0 heterocycles. The Morgan fingerprint density at radius 3 is 2.31 bits per heavy atom. The number of carbonyl (C=O) groups excluding carboxylic acids is 3. The SMILES string of the molecule is CC(=O)O[C@@H]1CC2=CC=C3C(CC[C@]4(C)[C@@H]([C@H](C)CCCC(C)(C)OC(C)=O)CC[C@@H]34)[C@@]2(C)[C@@H](OC(C)=O)C1. The van der Waals surface area contributed by atoms with Gasteiger partial charge in [-0.25, -0.2) is 0 Å². The van der Waals surface area contributed by atoms with Gasteiger partial charge in [0, 0.05) is 39.0 Å². The van der Waals surface area contributed by atoms with E-state index >= 15 is 0 Å². The van der Waals surface area contributed by atoms with Crippen LogP contribution in [-0.4, -0.2) is 35.7 Å². The molecule has 0 N–H and O–H groups in total. The Hall–Kier alpha value is -2.11. The summed E-state index contributed by atoms with van der Waals surface area (Å²) in [5.41, 5.74) is 2.39. The molecular formula is C33H50O6. The molecule has 39 heavy (non-hydrogen) atoms. The van der Waals surface area contributed by atoms with Crippen molar-refractivity contribution in [3.8, 4) is 0 Å². The summed E-state index contributed by atoms with van der Waals surface area (Å²) in [5, 5.41) is 0. The zero-order valence-corrected chi connectivity index (χ0v) is 25.4. The molecule has 1 unspecified atom stereocenters. The average molecular weight is 543 g/mol. The maximum absolute atomic E-state index is 12.2. The monoisotopic (exact) mass is 542 g/mol. The van der Waals surface area contributed by atoms with Gasteiger partial charge in [-0.05, 0) is 81.5 Å². The summed E-state index contributed by atoms with van der Waals surface area (Å²) in [6.45, 7) is 15.7. The molecule has 6 nitrogen and oxygen atoms in total. The Morgan fingerprint density at radius 2 is 1.67 bits per heavy atom. The fourth-order valence-electron chi connectivity index (χ4n) is 9.17. The van der Waals surface area contributed by atoms with E-state index in [0.29, 0.717) is 36.5 Å². The predicted molar refractivity (Wildman–Crippen MR) is 151 cm³/mol. The van der Waals surface area contributed by atoms with Crippen LogP contribution in [0.3, 0.4) is 0 Å². The lowest BCUT2D eigenvalue weighted by Gasteiger charge is -2.57. The number of ether oxygens (including phenoxy) is 3. The van der Waals surface area contributed by atoms with E-state index in [1.54, 1.807) is 5.57 Å². The fraction of sp³-hybridized carbons (Fsp3) is 0.788. The van der Waals surface area contributed by atoms with Crippen LogP contribution in [0.4, 0.5) is 0 Å². The molecule has 0 aliphatic heterocycles. The Kier molecular flexibility index (Phi) is 8.46. The first-order valence-electron chi connectivity index (χ1n) is 15.1. The molecule has 6 heteroatoms. The summed E-state index contributed by atoms with van der Waals surface area (Å²) < 4.78 is 17.1. The lowest BCUT2D eigenvalue weighted by molar-refractivity contribution is -0.165. The third-order valence-corrected chi connectivity index (χ3v) is 10.9. The number of hydrogen-bond donors (Lipinski definition) is 0. The van der Waals surface area contributed by atoms with Crippen molar-refractivity contribution in [1.29, 1.82) is 0 Å². The van der Waals surface area contributed by atoms with Gasteiger partial charge in [0.05, 0.1) is 0 Å². The third-order valence-electron chi connectivity index (χ3n) is 10.9. The van der Waals surface area contributed by atoms with Gasteiger partial charge in [-0.2, -0.15) is 0 Å². The maximum Gasteiger partial charge on any atom is 0.303 e. The topological polar surface area (TPSA) is 78.9 Å². The molecule has 0 aromatic rings. The van der Waals surface area contributed by atoms with Gasteiger partial charge >= 0.3 is 17.9 Å². The van der Waals surface area contributed by atoms with Gasteiger partial charge in [0.1, 0.15) is 17.8 Å². The van der Waals surface area contributed by atoms with Crippen LogP contribution >= 0.6 is 0 Å². The van der Waals surface area contributed by atoms with Crippen molar-refractivity contribution in [2.75, 3.05) is 0 Å². The van der Waals surface area contributed by atoms with Crippen molar-refractivity contribution >= 4 is 17.9 Å². The molecular weight excluding hydrogens is 492 g/mol. The number of hydrogen-bond acceptors (Lipinski definition) is 6. The van der Waals surface area contributed by atoms with Crippen LogP contribution in [0.2, 0.25) is 0 Å². The number of carbonyl (C=O) groups is 3. The van der Waals surface area contributed by atoms with Crippen molar-refractivity contribution in [3.05, 3.63) is 23.3 Å². The van der Waals surface area contributed by atoms with Crippen LogP contribution in [0.25, 0.3) is 0 Å². The largest absolute Gasteiger partial charge is 0.462 e. The van der Waals surface area contributed by atoms with Crippen molar-refractivity contribution in [1.82, 2.24) is 0 Å². The number of allylic oxidation sites excluding steroid dienone is 3. The highest BCUT2D eigenvalue weighted by atomic mass is 16.6. The maximum atomic E-state index is 12.2. The van der Waals surface area contributed by atoms with E-state index in [9.17, 15) is 14.4 Å². The Labute approximate surface area is 235 Å². The average Bonchev–Trinajstić information content (AvgIpc) is 3.15. The fourth-order valence-corrected chi connectivity index (χ4v) is 9.17. The minimum atomic E-state index is -0.412. The molecule has 0 amide bonds. The van der Waals surface area contributed by atoms with Crippen molar-refractivity contribution in [2.24, 2.45) is 34.5 Å². The molecule has 3 saturated carbocycles. The molecule has 3 fully saturated rings. The molecule has 4 rings (SSSR count). The summed E-state index contributed by atoms with van der Waals surface area (Å²) in [4.78, 5) is 35.4. The molecule has 0 bridgehead atoms. The van der Waals surface area contributed by atoms with E-state index in [0.717, 1.165) is 25.7 Å². The first-order chi connectivity index (χ1) is 18.2. The lowest BCUT2D eigenvalue weighted by atomic mass is 9.49.